The van der Waals surface area contributed by atoms with Crippen molar-refractivity contribution < 1.29 is 88.5 Å². The largest absolute Gasteiger partial charge is 0.469 e. The van der Waals surface area contributed by atoms with Crippen molar-refractivity contribution in [1.82, 2.24) is 0 Å². The minimum Gasteiger partial charge on any atom is -0.416 e. The third-order valence-electron chi connectivity index (χ3n) is 7.55. The summed E-state index contributed by atoms with van der Waals surface area (Å²) in [7, 11) is 1.07. The molecule has 0 fully saturated rings. The van der Waals surface area contributed by atoms with E-state index in [9.17, 15) is 0 Å². The molecule has 0 saturated carbocycles. The maximum Gasteiger partial charge on any atom is 0.469 e. The maximum atomic E-state index is 8.60. The molecule has 0 saturated heterocycles. The van der Waals surface area contributed by atoms with Crippen molar-refractivity contribution >= 4 is 50.6 Å². The van der Waals surface area contributed by atoms with Crippen LogP contribution in [0.2, 0.25) is 16.1 Å². The van der Waals surface area contributed by atoms with E-state index in [1.54, 1.807) is 0 Å². The molecule has 0 aromatic carbocycles. The Morgan fingerprint density at radius 3 is 0.758 bits per heavy atom. The van der Waals surface area contributed by atoms with Gasteiger partial charge in [0.15, 0.2) is 0 Å². The van der Waals surface area contributed by atoms with Crippen molar-refractivity contribution in [2.45, 2.75) is 57.7 Å². The fraction of sp³-hybridized carbons (Fsp3) is 1.00. The third kappa shape index (κ3) is 53.8. The molecule has 0 aromatic heterocycles. The van der Waals surface area contributed by atoms with Gasteiger partial charge in [0.2, 0.25) is 30.0 Å². The molecule has 19 nitrogen and oxygen atoms in total. The van der Waals surface area contributed by atoms with E-state index >= 15 is 0 Å². The molecule has 0 bridgehead atoms. The Bertz CT molecular complexity index is 948. The zero-order valence-electron chi connectivity index (χ0n) is 41.2. The Morgan fingerprint density at radius 2 is 0.561 bits per heavy atom. The molecule has 0 rings (SSSR count). The Kier molecular flexibility index (Phi) is 50.7. The van der Waals surface area contributed by atoms with Gasteiger partial charge in [0.25, 0.3) is 0 Å². The number of hydrogen-bond acceptors (Lipinski definition) is 20. The van der Waals surface area contributed by atoms with Crippen LogP contribution >= 0.6 is 11.8 Å². The molecule has 0 aliphatic heterocycles. The number of thioether (sulfide) groups is 1. The third-order valence-corrected chi connectivity index (χ3v) is 15.5. The lowest BCUT2D eigenvalue weighted by Crippen LogP contribution is -2.49. The molecule has 0 aliphatic carbocycles. The minimum absolute atomic E-state index is 0.0205. The Hall–Kier alpha value is 0.458. The van der Waals surface area contributed by atoms with Crippen molar-refractivity contribution in [2.24, 2.45) is 0 Å². The second-order valence-corrected chi connectivity index (χ2v) is 24.9. The number of rotatable bonds is 55. The van der Waals surface area contributed by atoms with E-state index in [1.165, 1.54) is 0 Å². The van der Waals surface area contributed by atoms with Crippen LogP contribution in [-0.4, -0.2) is 260 Å². The summed E-state index contributed by atoms with van der Waals surface area (Å²) in [6.45, 7) is 27.9. The quantitative estimate of drug-likeness (QED) is 0.0692. The summed E-state index contributed by atoms with van der Waals surface area (Å²) < 4.78 is 101. The van der Waals surface area contributed by atoms with Crippen molar-refractivity contribution in [3.63, 3.8) is 0 Å². The molecule has 0 aromatic rings. The van der Waals surface area contributed by atoms with Gasteiger partial charge in [-0.05, 0) is 15.8 Å². The molecule has 391 valence electrons. The fourth-order valence-corrected chi connectivity index (χ4v) is 12.9. The summed E-state index contributed by atoms with van der Waals surface area (Å²) in [6.07, 6.45) is 0. The smallest absolute Gasteiger partial charge is 0.416 e. The summed E-state index contributed by atoms with van der Waals surface area (Å²) in [6, 6.07) is 0.737. The highest BCUT2D eigenvalue weighted by atomic mass is 32.2. The van der Waals surface area contributed by atoms with Crippen LogP contribution < -0.4 is 0 Å². The number of aliphatic hydroxyl groups is 1. The Balaban J connectivity index is 3.29. The molecule has 0 amide bonds. The SMILES string of the molecule is CC(C)(C)[Si]O[Si](CCSCCOCCOCCOCCOCCOCCOCCOCCOCCOCCOCCOCCOCCOCCOCCOCCO)(O[Si])O[Si]C(C)(C)C. The highest BCUT2D eigenvalue weighted by Gasteiger charge is 2.41. The van der Waals surface area contributed by atoms with Gasteiger partial charge < -0.3 is 88.5 Å². The first kappa shape index (κ1) is 66.5. The molecule has 7 radical (unpaired) electrons. The number of aliphatic hydroxyl groups excluding tert-OH is 1. The molecular weight excluding hydrogens is 953 g/mol. The van der Waals surface area contributed by atoms with E-state index < -0.39 is 8.80 Å². The van der Waals surface area contributed by atoms with Crippen LogP contribution in [0.3, 0.4) is 0 Å². The van der Waals surface area contributed by atoms with Gasteiger partial charge in [0.05, 0.1) is 205 Å². The number of hydrogen-bond donors (Lipinski definition) is 1. The van der Waals surface area contributed by atoms with Gasteiger partial charge in [0, 0.05) is 11.8 Å². The zero-order chi connectivity index (χ0) is 48.4. The van der Waals surface area contributed by atoms with E-state index in [2.05, 4.69) is 52.0 Å². The first-order valence-corrected chi connectivity index (χ1v) is 28.4. The molecule has 66 heavy (non-hydrogen) atoms. The van der Waals surface area contributed by atoms with Crippen LogP contribution in [-0.2, 0) is 83.4 Å². The molecule has 0 aliphatic rings. The molecular formula is C42H87O19SSi4. The van der Waals surface area contributed by atoms with Crippen LogP contribution in [0.4, 0.5) is 0 Å². The first-order valence-electron chi connectivity index (χ1n) is 23.1. The molecule has 0 heterocycles. The molecule has 0 spiro atoms. The van der Waals surface area contributed by atoms with Gasteiger partial charge in [-0.25, -0.2) is 0 Å². The van der Waals surface area contributed by atoms with Crippen molar-refractivity contribution in [1.29, 1.82) is 0 Å². The van der Waals surface area contributed by atoms with Crippen LogP contribution in [0.5, 0.6) is 0 Å². The predicted octanol–water partition coefficient (Wildman–Crippen LogP) is 2.71. The number of ether oxygens (including phenoxy) is 15. The zero-order valence-corrected chi connectivity index (χ0v) is 46.1. The Labute approximate surface area is 411 Å². The first-order chi connectivity index (χ1) is 32.0. The van der Waals surface area contributed by atoms with Gasteiger partial charge >= 0.3 is 8.80 Å². The fourth-order valence-electron chi connectivity index (χ4n) is 4.34. The second-order valence-electron chi connectivity index (χ2n) is 16.0. The van der Waals surface area contributed by atoms with Crippen molar-refractivity contribution in [3.8, 4) is 0 Å². The van der Waals surface area contributed by atoms with E-state index in [4.69, 9.17) is 88.5 Å². The average molecular weight is 1040 g/mol. The topological polar surface area (TPSA) is 186 Å². The van der Waals surface area contributed by atoms with Gasteiger partial charge in [-0.2, -0.15) is 11.8 Å². The lowest BCUT2D eigenvalue weighted by molar-refractivity contribution is -0.0301. The predicted molar refractivity (Wildman–Crippen MR) is 257 cm³/mol. The molecule has 1 N–H and O–H groups in total. The van der Waals surface area contributed by atoms with Gasteiger partial charge in [-0.15, -0.1) is 0 Å². The van der Waals surface area contributed by atoms with Gasteiger partial charge in [0.1, 0.15) is 0 Å². The van der Waals surface area contributed by atoms with Crippen LogP contribution in [0.1, 0.15) is 41.5 Å². The molecule has 0 atom stereocenters. The van der Waals surface area contributed by atoms with Crippen LogP contribution in [0.25, 0.3) is 0 Å². The molecule has 0 unspecified atom stereocenters. The summed E-state index contributed by atoms with van der Waals surface area (Å²) in [5, 5.41) is 8.71. The van der Waals surface area contributed by atoms with Crippen LogP contribution in [0, 0.1) is 0 Å². The second kappa shape index (κ2) is 50.4. The minimum atomic E-state index is -2.81. The monoisotopic (exact) mass is 1040 g/mol. The average Bonchev–Trinajstić information content (AvgIpc) is 3.28. The standard InChI is InChI=1S/C42H87O19SSi4/c1-41(2,3)64-60-66(59-63,61-65-42(4,5)6)40-39-62-38-37-58-36-35-57-34-33-56-32-31-55-30-29-54-28-27-53-26-25-52-24-23-51-22-21-50-20-19-49-18-17-48-16-15-47-14-13-46-12-11-45-10-9-44-8-7-43/h43H,7-40H2,1-6H3. The van der Waals surface area contributed by atoms with E-state index in [0.29, 0.717) is 218 Å². The van der Waals surface area contributed by atoms with Crippen molar-refractivity contribution in [3.05, 3.63) is 0 Å². The summed E-state index contributed by atoms with van der Waals surface area (Å²) >= 11 is 1.81. The van der Waals surface area contributed by atoms with E-state index in [-0.39, 0.29) is 16.7 Å². The summed E-state index contributed by atoms with van der Waals surface area (Å²) in [4.78, 5) is 0. The molecule has 24 heteroatoms. The maximum absolute atomic E-state index is 8.60. The summed E-state index contributed by atoms with van der Waals surface area (Å²) in [5.74, 6) is 1.75. The normalized spacial score (nSPS) is 12.5. The van der Waals surface area contributed by atoms with Gasteiger partial charge in [-0.3, -0.25) is 0 Å². The summed E-state index contributed by atoms with van der Waals surface area (Å²) in [5.41, 5.74) is 0. The van der Waals surface area contributed by atoms with E-state index in [1.807, 2.05) is 11.8 Å². The highest BCUT2D eigenvalue weighted by Crippen LogP contribution is 2.28. The lowest BCUT2D eigenvalue weighted by atomic mass is 10.3. The van der Waals surface area contributed by atoms with Crippen LogP contribution in [0.15, 0.2) is 0 Å². The highest BCUT2D eigenvalue weighted by molar-refractivity contribution is 7.99. The van der Waals surface area contributed by atoms with E-state index in [0.717, 1.165) is 17.5 Å². The van der Waals surface area contributed by atoms with Crippen molar-refractivity contribution in [2.75, 3.05) is 216 Å². The lowest BCUT2D eigenvalue weighted by Gasteiger charge is -2.33. The van der Waals surface area contributed by atoms with Gasteiger partial charge in [-0.1, -0.05) is 41.5 Å². The Morgan fingerprint density at radius 1 is 0.348 bits per heavy atom.